The molecule has 1 rings (SSSR count). The maximum atomic E-state index is 10.7. The van der Waals surface area contributed by atoms with Crippen molar-refractivity contribution in [2.45, 2.75) is 5.16 Å². The Balaban J connectivity index is 3.28. The molecular formula is C4H4N6O2S. The summed E-state index contributed by atoms with van der Waals surface area (Å²) in [6.07, 6.45) is 1.14. The molecule has 9 heteroatoms. The SMILES string of the molecule is [N-]=[N+]=Nc1ccnc(S(N)(=O)=O)n1. The van der Waals surface area contributed by atoms with E-state index >= 15 is 0 Å². The second kappa shape index (κ2) is 3.35. The van der Waals surface area contributed by atoms with Gasteiger partial charge in [0.25, 0.3) is 15.2 Å². The first-order chi connectivity index (χ1) is 6.04. The summed E-state index contributed by atoms with van der Waals surface area (Å²) >= 11 is 0. The summed E-state index contributed by atoms with van der Waals surface area (Å²) in [4.78, 5) is 9.20. The van der Waals surface area contributed by atoms with Crippen LogP contribution in [-0.2, 0) is 10.0 Å². The van der Waals surface area contributed by atoms with Crippen molar-refractivity contribution in [3.05, 3.63) is 22.7 Å². The summed E-state index contributed by atoms with van der Waals surface area (Å²) in [6.45, 7) is 0. The lowest BCUT2D eigenvalue weighted by molar-refractivity contribution is 0.588. The van der Waals surface area contributed by atoms with Gasteiger partial charge in [-0.25, -0.2) is 23.5 Å². The number of nitrogens with two attached hydrogens (primary N) is 1. The van der Waals surface area contributed by atoms with Crippen LogP contribution in [0.2, 0.25) is 0 Å². The summed E-state index contributed by atoms with van der Waals surface area (Å²) in [6, 6.07) is 1.26. The Labute approximate surface area is 73.1 Å². The van der Waals surface area contributed by atoms with Crippen molar-refractivity contribution in [1.82, 2.24) is 9.97 Å². The van der Waals surface area contributed by atoms with E-state index in [1.807, 2.05) is 0 Å². The molecular weight excluding hydrogens is 196 g/mol. The maximum absolute atomic E-state index is 10.7. The predicted octanol–water partition coefficient (Wildman–Crippen LogP) is 0.0658. The molecule has 0 saturated carbocycles. The van der Waals surface area contributed by atoms with Crippen LogP contribution in [-0.4, -0.2) is 18.4 Å². The van der Waals surface area contributed by atoms with Crippen molar-refractivity contribution >= 4 is 15.8 Å². The van der Waals surface area contributed by atoms with Gasteiger partial charge in [0.2, 0.25) is 0 Å². The van der Waals surface area contributed by atoms with Crippen molar-refractivity contribution in [3.63, 3.8) is 0 Å². The molecule has 2 N–H and O–H groups in total. The molecule has 0 aliphatic carbocycles. The average molecular weight is 200 g/mol. The zero-order valence-electron chi connectivity index (χ0n) is 6.19. The van der Waals surface area contributed by atoms with Gasteiger partial charge in [0, 0.05) is 11.1 Å². The van der Waals surface area contributed by atoms with Gasteiger partial charge in [0.1, 0.15) is 5.82 Å². The molecule has 13 heavy (non-hydrogen) atoms. The number of nitrogens with zero attached hydrogens (tertiary/aromatic N) is 5. The first kappa shape index (κ1) is 9.39. The van der Waals surface area contributed by atoms with Crippen LogP contribution in [0.4, 0.5) is 5.82 Å². The highest BCUT2D eigenvalue weighted by Gasteiger charge is 2.10. The molecule has 0 unspecified atom stereocenters. The molecule has 0 fully saturated rings. The van der Waals surface area contributed by atoms with E-state index in [-0.39, 0.29) is 5.82 Å². The van der Waals surface area contributed by atoms with Crippen molar-refractivity contribution in [3.8, 4) is 0 Å². The molecule has 1 aromatic heterocycles. The molecule has 0 radical (unpaired) electrons. The van der Waals surface area contributed by atoms with Crippen LogP contribution in [0.25, 0.3) is 10.4 Å². The van der Waals surface area contributed by atoms with Gasteiger partial charge in [0.15, 0.2) is 0 Å². The standard InChI is InChI=1S/C4H4N6O2S/c5-10-9-3-1-2-7-4(8-3)13(6,11)12/h1-2H,(H2,6,11,12). The van der Waals surface area contributed by atoms with E-state index in [1.54, 1.807) is 0 Å². The summed E-state index contributed by atoms with van der Waals surface area (Å²) in [7, 11) is -3.95. The maximum Gasteiger partial charge on any atom is 0.273 e. The van der Waals surface area contributed by atoms with Gasteiger partial charge < -0.3 is 0 Å². The molecule has 0 aliphatic heterocycles. The predicted molar refractivity (Wildman–Crippen MR) is 42.2 cm³/mol. The van der Waals surface area contributed by atoms with Crippen LogP contribution in [0.1, 0.15) is 0 Å². The lowest BCUT2D eigenvalue weighted by Gasteiger charge is -1.95. The van der Waals surface area contributed by atoms with E-state index in [0.29, 0.717) is 0 Å². The minimum atomic E-state index is -3.95. The quantitative estimate of drug-likeness (QED) is 0.312. The van der Waals surface area contributed by atoms with Crippen molar-refractivity contribution < 1.29 is 8.42 Å². The fraction of sp³-hybridized carbons (Fsp3) is 0. The molecule has 0 saturated heterocycles. The van der Waals surface area contributed by atoms with E-state index in [4.69, 9.17) is 10.7 Å². The fourth-order valence-electron chi connectivity index (χ4n) is 0.570. The first-order valence-corrected chi connectivity index (χ1v) is 4.49. The Morgan fingerprint density at radius 1 is 1.62 bits per heavy atom. The number of primary sulfonamides is 1. The molecule has 1 aromatic rings. The lowest BCUT2D eigenvalue weighted by Crippen LogP contribution is -2.15. The molecule has 0 atom stereocenters. The van der Waals surface area contributed by atoms with E-state index < -0.39 is 15.2 Å². The molecule has 0 bridgehead atoms. The van der Waals surface area contributed by atoms with E-state index in [1.165, 1.54) is 6.07 Å². The molecule has 0 spiro atoms. The lowest BCUT2D eigenvalue weighted by atomic mass is 10.6. The highest BCUT2D eigenvalue weighted by molar-refractivity contribution is 7.89. The molecule has 0 aromatic carbocycles. The number of aromatic nitrogens is 2. The second-order valence-corrected chi connectivity index (χ2v) is 3.39. The van der Waals surface area contributed by atoms with Crippen molar-refractivity contribution in [1.29, 1.82) is 0 Å². The summed E-state index contributed by atoms with van der Waals surface area (Å²) in [5, 5.41) is 7.25. The number of hydrogen-bond acceptors (Lipinski definition) is 5. The molecule has 1 heterocycles. The summed E-state index contributed by atoms with van der Waals surface area (Å²) in [5.41, 5.74) is 8.03. The smallest absolute Gasteiger partial charge is 0.226 e. The Kier molecular flexibility index (Phi) is 2.42. The zero-order chi connectivity index (χ0) is 9.90. The third-order valence-electron chi connectivity index (χ3n) is 1.02. The van der Waals surface area contributed by atoms with E-state index in [0.717, 1.165) is 6.20 Å². The molecule has 8 nitrogen and oxygen atoms in total. The van der Waals surface area contributed by atoms with Gasteiger partial charge in [-0.05, 0) is 16.7 Å². The van der Waals surface area contributed by atoms with Crippen molar-refractivity contribution in [2.75, 3.05) is 0 Å². The molecule has 0 aliphatic rings. The van der Waals surface area contributed by atoms with Crippen molar-refractivity contribution in [2.24, 2.45) is 10.3 Å². The number of sulfonamides is 1. The fourth-order valence-corrected chi connectivity index (χ4v) is 0.999. The van der Waals surface area contributed by atoms with Gasteiger partial charge in [-0.3, -0.25) is 0 Å². The van der Waals surface area contributed by atoms with E-state index in [9.17, 15) is 8.42 Å². The Hall–Kier alpha value is -1.70. The molecule has 0 amide bonds. The summed E-state index contributed by atoms with van der Waals surface area (Å²) < 4.78 is 21.4. The highest BCUT2D eigenvalue weighted by Crippen LogP contribution is 2.08. The number of azide groups is 1. The van der Waals surface area contributed by atoms with Crippen LogP contribution >= 0.6 is 0 Å². The highest BCUT2D eigenvalue weighted by atomic mass is 32.2. The Morgan fingerprint density at radius 3 is 2.85 bits per heavy atom. The third-order valence-corrected chi connectivity index (χ3v) is 1.73. The van der Waals surface area contributed by atoms with Crippen LogP contribution in [0.5, 0.6) is 0 Å². The van der Waals surface area contributed by atoms with Crippen LogP contribution in [0, 0.1) is 0 Å². The molecule has 68 valence electrons. The number of rotatable bonds is 2. The van der Waals surface area contributed by atoms with Gasteiger partial charge in [-0.2, -0.15) is 0 Å². The largest absolute Gasteiger partial charge is 0.273 e. The van der Waals surface area contributed by atoms with Gasteiger partial charge in [0.05, 0.1) is 0 Å². The normalized spacial score (nSPS) is 10.5. The zero-order valence-corrected chi connectivity index (χ0v) is 7.01. The minimum absolute atomic E-state index is 0.0958. The second-order valence-electron chi connectivity index (χ2n) is 1.93. The average Bonchev–Trinajstić information content (AvgIpc) is 2.04. The minimum Gasteiger partial charge on any atom is -0.226 e. The van der Waals surface area contributed by atoms with Gasteiger partial charge in [-0.1, -0.05) is 0 Å². The first-order valence-electron chi connectivity index (χ1n) is 2.95. The summed E-state index contributed by atoms with van der Waals surface area (Å²) in [5.74, 6) is -0.0958. The number of hydrogen-bond donors (Lipinski definition) is 1. The third kappa shape index (κ3) is 2.37. The topological polar surface area (TPSA) is 135 Å². The van der Waals surface area contributed by atoms with Crippen LogP contribution in [0.3, 0.4) is 0 Å². The van der Waals surface area contributed by atoms with Gasteiger partial charge in [-0.15, -0.1) is 0 Å². The Morgan fingerprint density at radius 2 is 2.31 bits per heavy atom. The van der Waals surface area contributed by atoms with Gasteiger partial charge >= 0.3 is 0 Å². The van der Waals surface area contributed by atoms with E-state index in [2.05, 4.69) is 20.0 Å². The van der Waals surface area contributed by atoms with Crippen LogP contribution in [0.15, 0.2) is 22.5 Å². The Bertz CT molecular complexity index is 461. The monoisotopic (exact) mass is 200 g/mol. The van der Waals surface area contributed by atoms with Crippen LogP contribution < -0.4 is 5.14 Å².